The van der Waals surface area contributed by atoms with E-state index in [1.807, 2.05) is 27.7 Å². The molecule has 4 amide bonds. The van der Waals surface area contributed by atoms with Crippen LogP contribution in [0.2, 0.25) is 0 Å². The Bertz CT molecular complexity index is 1680. The van der Waals surface area contributed by atoms with Crippen molar-refractivity contribution in [2.75, 3.05) is 19.6 Å². The van der Waals surface area contributed by atoms with Crippen molar-refractivity contribution in [3.8, 4) is 0 Å². The van der Waals surface area contributed by atoms with Crippen LogP contribution in [0.3, 0.4) is 0 Å². The van der Waals surface area contributed by atoms with Crippen LogP contribution in [0.25, 0.3) is 0 Å². The fourth-order valence-corrected chi connectivity index (χ4v) is 5.41. The summed E-state index contributed by atoms with van der Waals surface area (Å²) < 4.78 is 0. The van der Waals surface area contributed by atoms with Crippen molar-refractivity contribution in [1.29, 1.82) is 0 Å². The number of aromatic amines is 2. The monoisotopic (exact) mass is 759 g/mol. The van der Waals surface area contributed by atoms with Crippen molar-refractivity contribution in [2.24, 2.45) is 11.8 Å². The first-order chi connectivity index (χ1) is 24.7. The molecule has 11 N–H and O–H groups in total. The molecule has 2 aromatic heterocycles. The van der Waals surface area contributed by atoms with Gasteiger partial charge in [0.1, 0.15) is 17.4 Å². The van der Waals surface area contributed by atoms with E-state index < -0.39 is 47.7 Å². The highest BCUT2D eigenvalue weighted by Crippen LogP contribution is 2.12. The van der Waals surface area contributed by atoms with Crippen LogP contribution in [0.5, 0.6) is 0 Å². The number of benzene rings is 1. The van der Waals surface area contributed by atoms with E-state index in [-0.39, 0.29) is 78.4 Å². The zero-order chi connectivity index (χ0) is 38.4. The number of nitrogens with one attached hydrogen (secondary N) is 7. The van der Waals surface area contributed by atoms with Crippen molar-refractivity contribution in [2.45, 2.75) is 78.0 Å². The zero-order valence-corrected chi connectivity index (χ0v) is 31.5. The van der Waals surface area contributed by atoms with Gasteiger partial charge in [0.2, 0.25) is 0 Å². The number of hydrogen-bond donors (Lipinski definition) is 9. The average molecular weight is 760 g/mol. The molecule has 0 fully saturated rings. The van der Waals surface area contributed by atoms with Gasteiger partial charge in [-0.25, -0.2) is 14.8 Å². The number of nitrogens with zero attached hydrogens (tertiary/aromatic N) is 2. The van der Waals surface area contributed by atoms with Crippen molar-refractivity contribution in [3.63, 3.8) is 0 Å². The summed E-state index contributed by atoms with van der Waals surface area (Å²) in [5, 5.41) is 23.6. The standard InChI is InChI=1S/C35H50N10O7.ClH/c1-19(2)11-23(43-32(48)28-30(41-18-39-28)34(50)45-25(35(51)52)13-22-9-7-6-8-10-22)15-37-16-26(46)24(12-20(3)4)44-33(49)29-27(38-17-40-29)31(47)42-21(5)14-36;/h6-10,17-21,23-25,37H,11-16,36H2,1-5H3,(H,38,40)(H,39,41)(H,42,47)(H,43,48)(H,44,49)(H,45,50)(H,51,52);1H/p+1/t21-,23-,24-,25-;/m0./s1. The Morgan fingerprint density at radius 1 is 0.736 bits per heavy atom. The molecule has 0 aliphatic carbocycles. The molecule has 53 heavy (non-hydrogen) atoms. The van der Waals surface area contributed by atoms with Crippen LogP contribution in [0, 0.1) is 11.8 Å². The normalized spacial score (nSPS) is 13.3. The SMILES string of the molecule is CC(C)C[C@@H](CNCC(=O)[C@H](CC(C)C)NC(=O)c1[nH]cnc1C(=O)N[C@@H](C)C[NH3+])NC(=O)c1nc[nH]c1C(=O)N[C@@H](Cc1ccccc1)C(=O)O.Cl. The molecule has 17 nitrogen and oxygen atoms in total. The van der Waals surface area contributed by atoms with Crippen LogP contribution in [0.1, 0.15) is 95.0 Å². The molecule has 0 unspecified atom stereocenters. The second kappa shape index (κ2) is 21.4. The lowest BCUT2D eigenvalue weighted by Gasteiger charge is -2.23. The molecular formula is C35H52ClN10O7+. The smallest absolute Gasteiger partial charge is 0.326 e. The number of quaternary nitrogens is 1. The van der Waals surface area contributed by atoms with Gasteiger partial charge >= 0.3 is 5.97 Å². The Hall–Kier alpha value is -5.13. The van der Waals surface area contributed by atoms with Crippen LogP contribution in [0.15, 0.2) is 43.0 Å². The van der Waals surface area contributed by atoms with E-state index in [4.69, 9.17) is 0 Å². The van der Waals surface area contributed by atoms with Crippen LogP contribution in [-0.2, 0) is 16.0 Å². The first-order valence-electron chi connectivity index (χ1n) is 17.3. The number of aliphatic carboxylic acids is 1. The second-order valence-corrected chi connectivity index (χ2v) is 13.5. The predicted octanol–water partition coefficient (Wildman–Crippen LogP) is 0.488. The van der Waals surface area contributed by atoms with Gasteiger partial charge < -0.3 is 47.4 Å². The largest absolute Gasteiger partial charge is 0.480 e. The zero-order valence-electron chi connectivity index (χ0n) is 30.7. The van der Waals surface area contributed by atoms with Crippen molar-refractivity contribution >= 4 is 47.8 Å². The summed E-state index contributed by atoms with van der Waals surface area (Å²) in [5.41, 5.74) is 3.91. The number of carbonyl (C=O) groups is 6. The fourth-order valence-electron chi connectivity index (χ4n) is 5.41. The minimum atomic E-state index is -1.25. The van der Waals surface area contributed by atoms with Gasteiger partial charge in [-0.15, -0.1) is 12.4 Å². The Labute approximate surface area is 314 Å². The molecule has 0 spiro atoms. The second-order valence-electron chi connectivity index (χ2n) is 13.5. The number of halogens is 1. The van der Waals surface area contributed by atoms with Gasteiger partial charge in [-0.05, 0) is 37.2 Å². The lowest BCUT2D eigenvalue weighted by Crippen LogP contribution is -2.59. The van der Waals surface area contributed by atoms with Crippen LogP contribution in [-0.4, -0.2) is 104 Å². The number of rotatable bonds is 21. The number of carboxylic acid groups (broad SMARTS) is 1. The van der Waals surface area contributed by atoms with Crippen LogP contribution in [0.4, 0.5) is 0 Å². The van der Waals surface area contributed by atoms with Crippen LogP contribution >= 0.6 is 12.4 Å². The molecule has 18 heteroatoms. The lowest BCUT2D eigenvalue weighted by atomic mass is 9.99. The number of carboxylic acids is 1. The minimum absolute atomic E-state index is 0. The average Bonchev–Trinajstić information content (AvgIpc) is 3.78. The Morgan fingerprint density at radius 3 is 1.77 bits per heavy atom. The third-order valence-electron chi connectivity index (χ3n) is 8.04. The molecule has 4 atom stereocenters. The van der Waals surface area contributed by atoms with Crippen molar-refractivity contribution < 1.29 is 39.6 Å². The van der Waals surface area contributed by atoms with Crippen molar-refractivity contribution in [1.82, 2.24) is 46.5 Å². The molecular weight excluding hydrogens is 708 g/mol. The predicted molar refractivity (Wildman–Crippen MR) is 197 cm³/mol. The third kappa shape index (κ3) is 13.7. The number of aromatic nitrogens is 4. The molecule has 3 rings (SSSR count). The summed E-state index contributed by atoms with van der Waals surface area (Å²) in [6.45, 7) is 10.0. The highest BCUT2D eigenvalue weighted by atomic mass is 35.5. The molecule has 0 radical (unpaired) electrons. The summed E-state index contributed by atoms with van der Waals surface area (Å²) in [6, 6.07) is 5.99. The lowest BCUT2D eigenvalue weighted by molar-refractivity contribution is -0.371. The Kier molecular flexibility index (Phi) is 17.8. The van der Waals surface area contributed by atoms with Gasteiger partial charge in [0.25, 0.3) is 23.6 Å². The molecule has 0 saturated heterocycles. The number of hydrogen-bond acceptors (Lipinski definition) is 9. The Morgan fingerprint density at radius 2 is 1.26 bits per heavy atom. The van der Waals surface area contributed by atoms with Gasteiger partial charge in [-0.1, -0.05) is 58.0 Å². The molecule has 0 bridgehead atoms. The highest BCUT2D eigenvalue weighted by Gasteiger charge is 2.29. The van der Waals surface area contributed by atoms with Crippen LogP contribution < -0.4 is 32.3 Å². The summed E-state index contributed by atoms with van der Waals surface area (Å²) in [5.74, 6) is -3.99. The van der Waals surface area contributed by atoms with Crippen molar-refractivity contribution in [3.05, 3.63) is 71.3 Å². The maximum atomic E-state index is 13.4. The van der Waals surface area contributed by atoms with E-state index in [1.165, 1.54) is 12.7 Å². The molecule has 0 aliphatic rings. The summed E-state index contributed by atoms with van der Waals surface area (Å²) >= 11 is 0. The van der Waals surface area contributed by atoms with Gasteiger partial charge in [0.05, 0.1) is 37.8 Å². The van der Waals surface area contributed by atoms with E-state index in [9.17, 15) is 33.9 Å². The van der Waals surface area contributed by atoms with E-state index in [0.29, 0.717) is 24.9 Å². The molecule has 3 aromatic rings. The fraction of sp³-hybridized carbons (Fsp3) is 0.486. The number of carbonyl (C=O) groups excluding carboxylic acids is 5. The van der Waals surface area contributed by atoms with Gasteiger partial charge in [-0.3, -0.25) is 24.0 Å². The summed E-state index contributed by atoms with van der Waals surface area (Å²) in [7, 11) is 0. The quantitative estimate of drug-likeness (QED) is 0.0725. The highest BCUT2D eigenvalue weighted by molar-refractivity contribution is 6.06. The first kappa shape index (κ1) is 44.0. The summed E-state index contributed by atoms with van der Waals surface area (Å²) in [4.78, 5) is 91.0. The molecule has 290 valence electrons. The molecule has 1 aromatic carbocycles. The Balaban J connectivity index is 0.00000972. The van der Waals surface area contributed by atoms with Gasteiger partial charge in [-0.2, -0.15) is 0 Å². The summed E-state index contributed by atoms with van der Waals surface area (Å²) in [6.07, 6.45) is 3.30. The van der Waals surface area contributed by atoms with E-state index in [1.54, 1.807) is 37.3 Å². The number of Topliss-reactive ketones (excluding diaryl/α,β-unsaturated/α-hetero) is 1. The van der Waals surface area contributed by atoms with Gasteiger partial charge in [0.15, 0.2) is 17.2 Å². The number of amides is 4. The molecule has 0 aliphatic heterocycles. The first-order valence-corrected chi connectivity index (χ1v) is 17.3. The minimum Gasteiger partial charge on any atom is -0.480 e. The number of H-pyrrole nitrogens is 2. The third-order valence-corrected chi connectivity index (χ3v) is 8.04. The van der Waals surface area contributed by atoms with E-state index in [0.717, 1.165) is 0 Å². The molecule has 2 heterocycles. The maximum absolute atomic E-state index is 13.4. The number of ketones is 1. The van der Waals surface area contributed by atoms with E-state index in [2.05, 4.69) is 52.3 Å². The van der Waals surface area contributed by atoms with E-state index >= 15 is 0 Å². The maximum Gasteiger partial charge on any atom is 0.326 e. The topological polar surface area (TPSA) is 268 Å². The number of imidazole rings is 2. The molecule has 0 saturated carbocycles. The van der Waals surface area contributed by atoms with Gasteiger partial charge in [0, 0.05) is 19.0 Å².